The molecule has 6 aromatic rings. The molecule has 28 heteroatoms. The van der Waals surface area contributed by atoms with Crippen molar-refractivity contribution in [3.8, 4) is 0 Å². The van der Waals surface area contributed by atoms with E-state index in [4.69, 9.17) is 90.1 Å². The van der Waals surface area contributed by atoms with E-state index in [0.29, 0.717) is 197 Å². The van der Waals surface area contributed by atoms with Gasteiger partial charge in [-0.15, -0.1) is 19.7 Å². The summed E-state index contributed by atoms with van der Waals surface area (Å²) in [5, 5.41) is 24.5. The van der Waals surface area contributed by atoms with Crippen molar-refractivity contribution in [3.63, 3.8) is 0 Å². The number of carbonyl (C=O) groups excluding carboxylic acids is 12. The van der Waals surface area contributed by atoms with Crippen LogP contribution in [-0.4, -0.2) is 112 Å². The van der Waals surface area contributed by atoms with Crippen LogP contribution in [0.3, 0.4) is 0 Å². The monoisotopic (exact) mass is 1830 g/mol. The van der Waals surface area contributed by atoms with Crippen molar-refractivity contribution >= 4 is 135 Å². The molecule has 3 N–H and O–H groups in total. The number of ether oxygens (including phenoxy) is 6. The number of carbonyl (C=O) groups is 15. The summed E-state index contributed by atoms with van der Waals surface area (Å²) >= 11 is 23.4. The van der Waals surface area contributed by atoms with Crippen molar-refractivity contribution < 1.29 is 116 Å². The summed E-state index contributed by atoms with van der Waals surface area (Å²) in [5.41, 5.74) is 5.91. The summed E-state index contributed by atoms with van der Waals surface area (Å²) in [6.45, 7) is 12.4. The topological polar surface area (TPSA) is 372 Å². The smallest absolute Gasteiger partial charge is 0.306 e. The van der Waals surface area contributed by atoms with Crippen LogP contribution in [0.1, 0.15) is 213 Å². The molecule has 0 aromatic heterocycles. The third kappa shape index (κ3) is 49.0. The Hall–Kier alpha value is -11.1. The maximum absolute atomic E-state index is 11.6. The molecular formula is C99H116Cl4O24. The molecule has 24 nitrogen and oxygen atoms in total. The predicted molar refractivity (Wildman–Crippen MR) is 480 cm³/mol. The fourth-order valence-electron chi connectivity index (χ4n) is 12.3. The maximum Gasteiger partial charge on any atom is 0.306 e. The number of hydrogen-bond acceptors (Lipinski definition) is 21. The highest BCUT2D eigenvalue weighted by Gasteiger charge is 2.53. The van der Waals surface area contributed by atoms with Crippen LogP contribution in [0.5, 0.6) is 0 Å². The lowest BCUT2D eigenvalue weighted by molar-refractivity contribution is -0.146. The van der Waals surface area contributed by atoms with E-state index in [1.807, 2.05) is 182 Å². The first-order valence-corrected chi connectivity index (χ1v) is 43.8. The summed E-state index contributed by atoms with van der Waals surface area (Å²) in [7, 11) is 0. The summed E-state index contributed by atoms with van der Waals surface area (Å²) in [5.74, 6) is -1.49. The van der Waals surface area contributed by atoms with Crippen LogP contribution in [0.4, 0.5) is 0 Å². The highest BCUT2D eigenvalue weighted by atomic mass is 35.5. The largest absolute Gasteiger partial charge is 0.481 e. The average Bonchev–Trinajstić information content (AvgIpc) is 0.782. The Balaban J connectivity index is 0.000000303. The maximum atomic E-state index is 11.6. The Bertz CT molecular complexity index is 4150. The second kappa shape index (κ2) is 62.2. The molecule has 12 rings (SSSR count). The minimum absolute atomic E-state index is 0.146. The number of rotatable bonds is 39. The van der Waals surface area contributed by atoms with Gasteiger partial charge >= 0.3 is 53.7 Å². The van der Waals surface area contributed by atoms with Crippen molar-refractivity contribution in [2.45, 2.75) is 228 Å². The molecule has 0 saturated heterocycles. The molecule has 127 heavy (non-hydrogen) atoms. The van der Waals surface area contributed by atoms with E-state index in [0.717, 1.165) is 46.2 Å². The van der Waals surface area contributed by atoms with Gasteiger partial charge in [0, 0.05) is 134 Å². The summed E-state index contributed by atoms with van der Waals surface area (Å²) in [6.07, 6.45) is 19.2. The van der Waals surface area contributed by atoms with Gasteiger partial charge in [0.2, 0.25) is 0 Å². The second-order valence-corrected chi connectivity index (χ2v) is 33.7. The molecule has 6 aliphatic rings. The molecule has 6 aromatic carbocycles. The van der Waals surface area contributed by atoms with Gasteiger partial charge in [-0.1, -0.05) is 247 Å². The molecule has 0 heterocycles. The number of hydrogen-bond donors (Lipinski definition) is 3. The van der Waals surface area contributed by atoms with Crippen LogP contribution < -0.4 is 0 Å². The van der Waals surface area contributed by atoms with Crippen LogP contribution >= 0.6 is 46.4 Å². The van der Waals surface area contributed by atoms with Crippen molar-refractivity contribution in [2.24, 2.45) is 35.5 Å². The molecular weight excluding hydrogens is 1710 g/mol. The van der Waals surface area contributed by atoms with Gasteiger partial charge in [0.25, 0.3) is 0 Å². The Morgan fingerprint density at radius 3 is 0.622 bits per heavy atom. The molecule has 0 radical (unpaired) electrons. The van der Waals surface area contributed by atoms with Gasteiger partial charge in [-0.2, -0.15) is 0 Å². The van der Waals surface area contributed by atoms with E-state index in [2.05, 4.69) is 19.7 Å². The minimum atomic E-state index is -1.31. The number of esters is 6. The van der Waals surface area contributed by atoms with Crippen LogP contribution in [0.15, 0.2) is 220 Å². The molecule has 6 aliphatic carbocycles. The van der Waals surface area contributed by atoms with E-state index in [1.54, 1.807) is 18.2 Å². The van der Waals surface area contributed by atoms with Crippen LogP contribution in [-0.2, 0) is 140 Å². The number of aliphatic carboxylic acids is 3. The van der Waals surface area contributed by atoms with E-state index in [9.17, 15) is 71.9 Å². The van der Waals surface area contributed by atoms with Gasteiger partial charge in [0.05, 0.1) is 0 Å². The second-order valence-electron chi connectivity index (χ2n) is 30.9. The lowest BCUT2D eigenvalue weighted by atomic mass is 9.79. The third-order valence-corrected chi connectivity index (χ3v) is 22.4. The molecule has 0 aliphatic heterocycles. The zero-order chi connectivity index (χ0) is 93.2. The number of halogens is 4. The van der Waals surface area contributed by atoms with Gasteiger partial charge in [-0.25, -0.2) is 0 Å². The molecule has 2 atom stereocenters. The fourth-order valence-corrected chi connectivity index (χ4v) is 13.4. The number of carboxylic acid groups (broad SMARTS) is 3. The summed E-state index contributed by atoms with van der Waals surface area (Å²) in [6, 6.07) is 57.4. The van der Waals surface area contributed by atoms with E-state index < -0.39 is 26.6 Å². The van der Waals surface area contributed by atoms with Crippen LogP contribution in [0, 0.1) is 35.5 Å². The SMILES string of the molecule is C=CCCC(=O)O.C=CCCC(=O)OCc1ccccc1.C=CCCC(=O)OCc1ccccc1.O=C(CCC1CC(=O)C1(Cl)Cl)OCc1ccccc1.O=C(CCC1CC(=O)C1(Cl)Cl)OCc1ccccc1.O=C(O)CCC1CC(=O)C1.O=C(O)CCC1CC(=O)C1.O=C1CC(CCC(=O)OCc2ccccc2)C1.O=C1CC(CCC(=O)OCc2ccccc2)C1. The molecule has 6 saturated carbocycles. The Kier molecular flexibility index (Phi) is 53.0. The number of carboxylic acids is 3. The minimum Gasteiger partial charge on any atom is -0.481 e. The lowest BCUT2D eigenvalue weighted by Gasteiger charge is -2.37. The average molecular weight is 1830 g/mol. The highest BCUT2D eigenvalue weighted by Crippen LogP contribution is 2.48. The Labute approximate surface area is 762 Å². The lowest BCUT2D eigenvalue weighted by Crippen LogP contribution is -2.47. The first-order chi connectivity index (χ1) is 60.8. The van der Waals surface area contributed by atoms with E-state index in [-0.39, 0.29) is 116 Å². The normalized spacial score (nSPS) is 15.8. The highest BCUT2D eigenvalue weighted by molar-refractivity contribution is 6.61. The number of ketones is 6. The van der Waals surface area contributed by atoms with Gasteiger partial charge in [0.15, 0.2) is 20.2 Å². The zero-order valence-electron chi connectivity index (χ0n) is 71.6. The molecule has 0 amide bonds. The standard InChI is InChI=1S/2C14H14Cl2O3.2C14H16O3.2C12H14O2.2C7H10O3.C5H8O2/c2*15-14(16)11(8-12(14)17)6-7-13(18)19-9-10-4-2-1-3-5-10;2*15-13-8-12(9-13)6-7-14(16)17-10-11-4-2-1-3-5-11;2*1-2-3-9-12(13)14-10-11-7-5-4-6-8-11;2*8-6-3-5(4-6)1-2-7(9)10;1-2-3-4-5(6)7/h2*1-5,11H,6-9H2;2*1-5,12H,6-10H2;2*2,4-8H,1,3,9-10H2;2*5H,1-4H2,(H,9,10);2H,1,3-4H2,(H,6,7). The van der Waals surface area contributed by atoms with Crippen molar-refractivity contribution in [2.75, 3.05) is 0 Å². The Morgan fingerprint density at radius 2 is 0.457 bits per heavy atom. The van der Waals surface area contributed by atoms with Crippen molar-refractivity contribution in [1.82, 2.24) is 0 Å². The first-order valence-electron chi connectivity index (χ1n) is 42.3. The zero-order valence-corrected chi connectivity index (χ0v) is 74.6. The summed E-state index contributed by atoms with van der Waals surface area (Å²) < 4.78 is 28.0. The fraction of sp³-hybridized carbons (Fsp3) is 0.424. The number of alkyl halides is 4. The number of benzene rings is 6. The third-order valence-electron chi connectivity index (χ3n) is 20.3. The number of allylic oxidation sites excluding steroid dienone is 3. The molecule has 0 spiro atoms. The van der Waals surface area contributed by atoms with Gasteiger partial charge in [-0.05, 0) is 115 Å². The molecule has 2 unspecified atom stereocenters. The first kappa shape index (κ1) is 108. The Morgan fingerprint density at radius 1 is 0.276 bits per heavy atom. The van der Waals surface area contributed by atoms with E-state index >= 15 is 0 Å². The van der Waals surface area contributed by atoms with E-state index in [1.165, 1.54) is 0 Å². The quantitative estimate of drug-likeness (QED) is 0.0140. The van der Waals surface area contributed by atoms with Crippen molar-refractivity contribution in [1.29, 1.82) is 0 Å². The van der Waals surface area contributed by atoms with Crippen molar-refractivity contribution in [3.05, 3.63) is 253 Å². The molecule has 0 bridgehead atoms. The summed E-state index contributed by atoms with van der Waals surface area (Å²) in [4.78, 5) is 163. The predicted octanol–water partition coefficient (Wildman–Crippen LogP) is 19.6. The van der Waals surface area contributed by atoms with Crippen LogP contribution in [0.25, 0.3) is 0 Å². The van der Waals surface area contributed by atoms with Gasteiger partial charge < -0.3 is 43.7 Å². The van der Waals surface area contributed by atoms with Crippen LogP contribution in [0.2, 0.25) is 0 Å². The molecule has 684 valence electrons. The van der Waals surface area contributed by atoms with Gasteiger partial charge in [-0.3, -0.25) is 71.9 Å². The van der Waals surface area contributed by atoms with Gasteiger partial charge in [0.1, 0.15) is 62.8 Å². The number of Topliss-reactive ketones (excluding diaryl/α,β-unsaturated/α-hetero) is 6. The molecule has 6 fully saturated rings.